The molecule has 94 valence electrons. The Morgan fingerprint density at radius 3 is 2.12 bits per heavy atom. The van der Waals surface area contributed by atoms with Gasteiger partial charge in [-0.15, -0.1) is 0 Å². The maximum Gasteiger partial charge on any atom is 0.333 e. The molecule has 3 heteroatoms. The van der Waals surface area contributed by atoms with E-state index in [4.69, 9.17) is 9.84 Å². The quantitative estimate of drug-likeness (QED) is 0.710. The van der Waals surface area contributed by atoms with Crippen molar-refractivity contribution in [1.82, 2.24) is 0 Å². The highest BCUT2D eigenvalue weighted by molar-refractivity contribution is 5.72. The Morgan fingerprint density at radius 1 is 1.25 bits per heavy atom. The number of aliphatic carboxylic acids is 1. The summed E-state index contributed by atoms with van der Waals surface area (Å²) in [7, 11) is 0. The monoisotopic (exact) mass is 228 g/mol. The highest BCUT2D eigenvalue weighted by Crippen LogP contribution is 2.14. The first-order valence-corrected chi connectivity index (χ1v) is 5.78. The van der Waals surface area contributed by atoms with Crippen LogP contribution in [0.25, 0.3) is 0 Å². The van der Waals surface area contributed by atoms with E-state index in [-0.39, 0.29) is 0 Å². The molecule has 0 aliphatic heterocycles. The van der Waals surface area contributed by atoms with Gasteiger partial charge in [0.2, 0.25) is 0 Å². The fourth-order valence-corrected chi connectivity index (χ4v) is 1.21. The third-order valence-corrected chi connectivity index (χ3v) is 1.90. The van der Waals surface area contributed by atoms with E-state index in [0.717, 1.165) is 6.42 Å². The molecule has 0 fully saturated rings. The van der Waals surface area contributed by atoms with Crippen LogP contribution >= 0.6 is 0 Å². The zero-order chi connectivity index (χ0) is 12.8. The van der Waals surface area contributed by atoms with Crippen LogP contribution in [0.3, 0.4) is 0 Å². The molecule has 0 aromatic heterocycles. The maximum absolute atomic E-state index is 10.9. The van der Waals surface area contributed by atoms with Crippen molar-refractivity contribution in [1.29, 1.82) is 0 Å². The lowest BCUT2D eigenvalue weighted by Crippen LogP contribution is -2.32. The predicted octanol–water partition coefficient (Wildman–Crippen LogP) is 3.25. The van der Waals surface area contributed by atoms with Crippen molar-refractivity contribution >= 4 is 5.97 Å². The molecule has 0 bridgehead atoms. The number of hydrogen-bond donors (Lipinski definition) is 1. The van der Waals surface area contributed by atoms with Crippen LogP contribution in [0, 0.1) is 5.92 Å². The Bertz CT molecular complexity index is 236. The SMILES string of the molecule is CC(C)C/C=C/CC(OC(C)(C)C)C(=O)O. The molecule has 0 aromatic carbocycles. The molecule has 1 atom stereocenters. The molecule has 0 radical (unpaired) electrons. The zero-order valence-electron chi connectivity index (χ0n) is 11.0. The van der Waals surface area contributed by atoms with Crippen LogP contribution in [0.4, 0.5) is 0 Å². The summed E-state index contributed by atoms with van der Waals surface area (Å²) >= 11 is 0. The molecular formula is C13H24O3. The molecule has 0 amide bonds. The topological polar surface area (TPSA) is 46.5 Å². The van der Waals surface area contributed by atoms with Crippen LogP contribution in [-0.4, -0.2) is 22.8 Å². The number of rotatable bonds is 6. The summed E-state index contributed by atoms with van der Waals surface area (Å²) in [6, 6.07) is 0. The van der Waals surface area contributed by atoms with Gasteiger partial charge in [0, 0.05) is 6.42 Å². The average molecular weight is 228 g/mol. The summed E-state index contributed by atoms with van der Waals surface area (Å²) in [4.78, 5) is 10.9. The summed E-state index contributed by atoms with van der Waals surface area (Å²) in [5.74, 6) is -0.299. The third-order valence-electron chi connectivity index (χ3n) is 1.90. The van der Waals surface area contributed by atoms with E-state index in [9.17, 15) is 4.79 Å². The van der Waals surface area contributed by atoms with Gasteiger partial charge >= 0.3 is 5.97 Å². The Morgan fingerprint density at radius 2 is 1.75 bits per heavy atom. The Hall–Kier alpha value is -0.830. The van der Waals surface area contributed by atoms with Gasteiger partial charge in [-0.25, -0.2) is 4.79 Å². The van der Waals surface area contributed by atoms with E-state index in [1.54, 1.807) is 0 Å². The number of carboxylic acid groups (broad SMARTS) is 1. The number of ether oxygens (including phenoxy) is 1. The first kappa shape index (κ1) is 15.2. The number of allylic oxidation sites excluding steroid dienone is 1. The Kier molecular flexibility index (Phi) is 6.34. The van der Waals surface area contributed by atoms with E-state index in [1.807, 2.05) is 32.9 Å². The minimum atomic E-state index is -0.899. The number of carboxylic acids is 1. The van der Waals surface area contributed by atoms with Crippen LogP contribution in [0.5, 0.6) is 0 Å². The number of carbonyl (C=O) groups is 1. The van der Waals surface area contributed by atoms with Crippen LogP contribution < -0.4 is 0 Å². The van der Waals surface area contributed by atoms with Gasteiger partial charge in [-0.1, -0.05) is 26.0 Å². The summed E-state index contributed by atoms with van der Waals surface area (Å²) in [5, 5.41) is 8.99. The fraction of sp³-hybridized carbons (Fsp3) is 0.769. The lowest BCUT2D eigenvalue weighted by molar-refractivity contribution is -0.159. The molecular weight excluding hydrogens is 204 g/mol. The van der Waals surface area contributed by atoms with Gasteiger partial charge in [0.15, 0.2) is 6.10 Å². The van der Waals surface area contributed by atoms with Gasteiger partial charge in [-0.2, -0.15) is 0 Å². The minimum absolute atomic E-state index is 0.422. The maximum atomic E-state index is 10.9. The van der Waals surface area contributed by atoms with Gasteiger partial charge in [-0.05, 0) is 33.1 Å². The van der Waals surface area contributed by atoms with Crippen molar-refractivity contribution < 1.29 is 14.6 Å². The second-order valence-corrected chi connectivity index (χ2v) is 5.39. The van der Waals surface area contributed by atoms with Crippen molar-refractivity contribution in [3.05, 3.63) is 12.2 Å². The Balaban J connectivity index is 4.15. The molecule has 3 nitrogen and oxygen atoms in total. The molecule has 0 spiro atoms. The van der Waals surface area contributed by atoms with Crippen molar-refractivity contribution in [3.63, 3.8) is 0 Å². The normalized spacial score (nSPS) is 14.6. The molecule has 0 aromatic rings. The van der Waals surface area contributed by atoms with E-state index >= 15 is 0 Å². The lowest BCUT2D eigenvalue weighted by Gasteiger charge is -2.24. The first-order chi connectivity index (χ1) is 7.22. The number of hydrogen-bond acceptors (Lipinski definition) is 2. The standard InChI is InChI=1S/C13H24O3/c1-10(2)8-6-7-9-11(12(14)15)16-13(3,4)5/h6-7,10-11H,8-9H2,1-5H3,(H,14,15)/b7-6+. The highest BCUT2D eigenvalue weighted by atomic mass is 16.5. The molecule has 0 saturated heterocycles. The molecule has 1 N–H and O–H groups in total. The van der Waals surface area contributed by atoms with Gasteiger partial charge in [-0.3, -0.25) is 0 Å². The van der Waals surface area contributed by atoms with E-state index < -0.39 is 17.7 Å². The first-order valence-electron chi connectivity index (χ1n) is 5.78. The van der Waals surface area contributed by atoms with Crippen LogP contribution in [0.2, 0.25) is 0 Å². The van der Waals surface area contributed by atoms with Gasteiger partial charge in [0.05, 0.1) is 5.60 Å². The molecule has 0 aliphatic carbocycles. The molecule has 0 saturated carbocycles. The van der Waals surface area contributed by atoms with Crippen LogP contribution in [-0.2, 0) is 9.53 Å². The van der Waals surface area contributed by atoms with E-state index in [1.165, 1.54) is 0 Å². The Labute approximate surface area is 98.5 Å². The van der Waals surface area contributed by atoms with Crippen molar-refractivity contribution in [2.24, 2.45) is 5.92 Å². The van der Waals surface area contributed by atoms with Gasteiger partial charge in [0.1, 0.15) is 0 Å². The second kappa shape index (κ2) is 6.69. The summed E-state index contributed by atoms with van der Waals surface area (Å²) in [5.41, 5.74) is -0.422. The largest absolute Gasteiger partial charge is 0.479 e. The molecule has 0 heterocycles. The fourth-order valence-electron chi connectivity index (χ4n) is 1.21. The van der Waals surface area contributed by atoms with E-state index in [2.05, 4.69) is 13.8 Å². The van der Waals surface area contributed by atoms with Crippen molar-refractivity contribution in [2.75, 3.05) is 0 Å². The smallest absolute Gasteiger partial charge is 0.333 e. The molecule has 0 aliphatic rings. The third kappa shape index (κ3) is 8.48. The van der Waals surface area contributed by atoms with Crippen LogP contribution in [0.15, 0.2) is 12.2 Å². The molecule has 16 heavy (non-hydrogen) atoms. The zero-order valence-corrected chi connectivity index (χ0v) is 11.0. The van der Waals surface area contributed by atoms with Crippen LogP contribution in [0.1, 0.15) is 47.5 Å². The van der Waals surface area contributed by atoms with Gasteiger partial charge < -0.3 is 9.84 Å². The summed E-state index contributed by atoms with van der Waals surface area (Å²) < 4.78 is 5.46. The summed E-state index contributed by atoms with van der Waals surface area (Å²) in [6.07, 6.45) is 4.57. The summed E-state index contributed by atoms with van der Waals surface area (Å²) in [6.45, 7) is 9.84. The highest BCUT2D eigenvalue weighted by Gasteiger charge is 2.23. The van der Waals surface area contributed by atoms with Crippen molar-refractivity contribution in [3.8, 4) is 0 Å². The minimum Gasteiger partial charge on any atom is -0.479 e. The lowest BCUT2D eigenvalue weighted by atomic mass is 10.1. The molecule has 0 rings (SSSR count). The average Bonchev–Trinajstić information content (AvgIpc) is 2.07. The van der Waals surface area contributed by atoms with Gasteiger partial charge in [0.25, 0.3) is 0 Å². The second-order valence-electron chi connectivity index (χ2n) is 5.39. The predicted molar refractivity (Wildman–Crippen MR) is 65.5 cm³/mol. The van der Waals surface area contributed by atoms with Crippen molar-refractivity contribution in [2.45, 2.75) is 59.2 Å². The van der Waals surface area contributed by atoms with E-state index in [0.29, 0.717) is 12.3 Å². The molecule has 1 unspecified atom stereocenters.